The molecule has 0 fully saturated rings. The molecule has 7 heteroatoms. The third-order valence-electron chi connectivity index (χ3n) is 3.91. The summed E-state index contributed by atoms with van der Waals surface area (Å²) in [5.74, 6) is -1.83. The molecule has 2 aromatic rings. The van der Waals surface area contributed by atoms with Gasteiger partial charge in [0.05, 0.1) is 11.9 Å². The van der Waals surface area contributed by atoms with Gasteiger partial charge < -0.3 is 4.74 Å². The number of aromatic nitrogens is 2. The summed E-state index contributed by atoms with van der Waals surface area (Å²) in [6, 6.07) is 2.76. The molecule has 4 nitrogen and oxygen atoms in total. The molecule has 0 bridgehead atoms. The molecule has 0 amide bonds. The molecule has 132 valence electrons. The average Bonchev–Trinajstić information content (AvgIpc) is 2.88. The van der Waals surface area contributed by atoms with Gasteiger partial charge in [0.2, 0.25) is 5.90 Å². The molecule has 0 aliphatic carbocycles. The molecule has 2 aromatic heterocycles. The summed E-state index contributed by atoms with van der Waals surface area (Å²) in [4.78, 5) is 9.41. The van der Waals surface area contributed by atoms with E-state index in [1.807, 2.05) is 13.8 Å². The van der Waals surface area contributed by atoms with Gasteiger partial charge in [0.25, 0.3) is 5.92 Å². The second-order valence-electron chi connectivity index (χ2n) is 6.27. The van der Waals surface area contributed by atoms with E-state index in [-0.39, 0.29) is 5.69 Å². The predicted molar refractivity (Wildman–Crippen MR) is 95.5 cm³/mol. The first kappa shape index (κ1) is 17.7. The number of nitrogens with zero attached hydrogens (tertiary/aromatic N) is 3. The molecular weight excluding hydrogens is 344 g/mol. The van der Waals surface area contributed by atoms with Gasteiger partial charge in [-0.25, -0.2) is 0 Å². The molecule has 0 radical (unpaired) electrons. The maximum Gasteiger partial charge on any atom is 0.286 e. The molecule has 0 aromatic carbocycles. The number of dihydropyridines is 1. The largest absolute Gasteiger partial charge is 0.437 e. The summed E-state index contributed by atoms with van der Waals surface area (Å²) in [5.41, 5.74) is 2.56. The minimum atomic E-state index is -2.97. The van der Waals surface area contributed by atoms with Gasteiger partial charge in [-0.3, -0.25) is 9.98 Å². The van der Waals surface area contributed by atoms with Crippen molar-refractivity contribution in [1.29, 1.82) is 0 Å². The topological polar surface area (TPSA) is 47.4 Å². The Balaban J connectivity index is 1.89. The smallest absolute Gasteiger partial charge is 0.286 e. The minimum absolute atomic E-state index is 0.288. The lowest BCUT2D eigenvalue weighted by molar-refractivity contribution is 0.0127. The maximum absolute atomic E-state index is 13.3. The molecule has 1 aliphatic rings. The Morgan fingerprint density at radius 1 is 1.28 bits per heavy atom. The quantitative estimate of drug-likeness (QED) is 0.789. The van der Waals surface area contributed by atoms with E-state index >= 15 is 0 Å². The Hall–Kier alpha value is -2.15. The lowest BCUT2D eigenvalue weighted by Crippen LogP contribution is -2.19. The van der Waals surface area contributed by atoms with E-state index in [4.69, 9.17) is 4.74 Å². The number of aliphatic imine (C=N–C) groups is 1. The molecule has 25 heavy (non-hydrogen) atoms. The van der Waals surface area contributed by atoms with Crippen molar-refractivity contribution in [2.45, 2.75) is 33.6 Å². The number of halogens is 2. The number of rotatable bonds is 3. The summed E-state index contributed by atoms with van der Waals surface area (Å²) < 4.78 is 36.8. The molecule has 1 atom stereocenters. The first-order valence-corrected chi connectivity index (χ1v) is 8.75. The fourth-order valence-corrected chi connectivity index (χ4v) is 3.39. The van der Waals surface area contributed by atoms with Gasteiger partial charge in [0.15, 0.2) is 0 Å². The Kier molecular flexibility index (Phi) is 4.69. The fraction of sp³-hybridized carbons (Fsp3) is 0.389. The number of pyridine rings is 1. The maximum atomic E-state index is 13.3. The van der Waals surface area contributed by atoms with Crippen LogP contribution in [-0.2, 0) is 5.92 Å². The lowest BCUT2D eigenvalue weighted by Gasteiger charge is -2.19. The number of aryl methyl sites for hydroxylation is 2. The molecule has 0 spiro atoms. The van der Waals surface area contributed by atoms with Crippen LogP contribution in [0.3, 0.4) is 0 Å². The molecule has 1 aliphatic heterocycles. The van der Waals surface area contributed by atoms with Gasteiger partial charge in [0.1, 0.15) is 11.4 Å². The summed E-state index contributed by atoms with van der Waals surface area (Å²) in [6.07, 6.45) is 3.42. The van der Waals surface area contributed by atoms with Gasteiger partial charge >= 0.3 is 0 Å². The molecule has 0 N–H and O–H groups in total. The van der Waals surface area contributed by atoms with Crippen LogP contribution >= 0.6 is 11.5 Å². The SMILES string of the molecule is Cc1nsc(C)c1C1=CC(C)CN=C1Oc1ccc(C(C)(F)F)nc1. The Labute approximate surface area is 149 Å². The summed E-state index contributed by atoms with van der Waals surface area (Å²) in [7, 11) is 0. The third kappa shape index (κ3) is 3.76. The van der Waals surface area contributed by atoms with E-state index in [1.165, 1.54) is 29.9 Å². The number of hydrogen-bond donors (Lipinski definition) is 0. The van der Waals surface area contributed by atoms with E-state index in [1.54, 1.807) is 0 Å². The predicted octanol–water partition coefficient (Wildman–Crippen LogP) is 4.78. The van der Waals surface area contributed by atoms with Crippen LogP contribution < -0.4 is 4.74 Å². The zero-order chi connectivity index (χ0) is 18.2. The highest BCUT2D eigenvalue weighted by Crippen LogP contribution is 2.31. The van der Waals surface area contributed by atoms with Crippen molar-refractivity contribution in [3.63, 3.8) is 0 Å². The standard InChI is InChI=1S/C18H19F2N3OS/c1-10-7-14(16-11(2)23-25-12(16)3)17(22-8-10)24-13-5-6-15(21-9-13)18(4,19)20/h5-7,9-10H,8H2,1-4H3. The van der Waals surface area contributed by atoms with Crippen LogP contribution in [0.1, 0.15) is 35.7 Å². The zero-order valence-corrected chi connectivity index (χ0v) is 15.3. The van der Waals surface area contributed by atoms with E-state index < -0.39 is 5.92 Å². The van der Waals surface area contributed by atoms with Gasteiger partial charge in [0, 0.05) is 29.5 Å². The highest BCUT2D eigenvalue weighted by molar-refractivity contribution is 7.06. The molecular formula is C18H19F2N3OS. The van der Waals surface area contributed by atoms with Gasteiger partial charge in [-0.05, 0) is 43.4 Å². The van der Waals surface area contributed by atoms with E-state index in [2.05, 4.69) is 27.3 Å². The Morgan fingerprint density at radius 2 is 2.04 bits per heavy atom. The van der Waals surface area contributed by atoms with Crippen molar-refractivity contribution >= 4 is 23.0 Å². The number of alkyl halides is 2. The van der Waals surface area contributed by atoms with Crippen molar-refractivity contribution in [2.24, 2.45) is 10.9 Å². The van der Waals surface area contributed by atoms with Gasteiger partial charge in [-0.2, -0.15) is 13.2 Å². The molecule has 0 saturated heterocycles. The molecule has 1 unspecified atom stereocenters. The van der Waals surface area contributed by atoms with Crippen LogP contribution in [-0.4, -0.2) is 21.8 Å². The van der Waals surface area contributed by atoms with Crippen molar-refractivity contribution in [2.75, 3.05) is 6.54 Å². The fourth-order valence-electron chi connectivity index (χ4n) is 2.68. The summed E-state index contributed by atoms with van der Waals surface area (Å²) in [5, 5.41) is 0. The summed E-state index contributed by atoms with van der Waals surface area (Å²) >= 11 is 1.44. The Bertz CT molecular complexity index is 815. The van der Waals surface area contributed by atoms with Crippen molar-refractivity contribution in [3.05, 3.63) is 46.2 Å². The van der Waals surface area contributed by atoms with E-state index in [9.17, 15) is 8.78 Å². The average molecular weight is 363 g/mol. The second-order valence-corrected chi connectivity index (χ2v) is 7.25. The molecule has 0 saturated carbocycles. The van der Waals surface area contributed by atoms with Crippen LogP contribution in [0.5, 0.6) is 5.75 Å². The van der Waals surface area contributed by atoms with Crippen LogP contribution in [0.2, 0.25) is 0 Å². The van der Waals surface area contributed by atoms with Crippen molar-refractivity contribution < 1.29 is 13.5 Å². The van der Waals surface area contributed by atoms with Gasteiger partial charge in [-0.1, -0.05) is 13.0 Å². The monoisotopic (exact) mass is 363 g/mol. The zero-order valence-electron chi connectivity index (χ0n) is 14.5. The Morgan fingerprint density at radius 3 is 2.60 bits per heavy atom. The van der Waals surface area contributed by atoms with E-state index in [0.717, 1.165) is 28.6 Å². The highest BCUT2D eigenvalue weighted by atomic mass is 32.1. The number of ether oxygens (including phenoxy) is 1. The number of hydrogen-bond acceptors (Lipinski definition) is 5. The van der Waals surface area contributed by atoms with Crippen LogP contribution in [0.15, 0.2) is 29.4 Å². The van der Waals surface area contributed by atoms with E-state index in [0.29, 0.717) is 24.1 Å². The second kappa shape index (κ2) is 6.63. The summed E-state index contributed by atoms with van der Waals surface area (Å²) in [6.45, 7) is 7.49. The third-order valence-corrected chi connectivity index (χ3v) is 4.75. The van der Waals surface area contributed by atoms with Crippen LogP contribution in [0.4, 0.5) is 8.78 Å². The van der Waals surface area contributed by atoms with Crippen LogP contribution in [0, 0.1) is 19.8 Å². The van der Waals surface area contributed by atoms with Gasteiger partial charge in [-0.15, -0.1) is 0 Å². The van der Waals surface area contributed by atoms with Crippen molar-refractivity contribution in [3.8, 4) is 5.75 Å². The lowest BCUT2D eigenvalue weighted by atomic mass is 9.97. The normalized spacial score (nSPS) is 17.9. The van der Waals surface area contributed by atoms with Crippen LogP contribution in [0.25, 0.3) is 5.57 Å². The highest BCUT2D eigenvalue weighted by Gasteiger charge is 2.27. The molecule has 3 rings (SSSR count). The van der Waals surface area contributed by atoms with Crippen molar-refractivity contribution in [1.82, 2.24) is 9.36 Å². The molecule has 3 heterocycles. The first-order valence-electron chi connectivity index (χ1n) is 7.98. The first-order chi connectivity index (χ1) is 11.8. The minimum Gasteiger partial charge on any atom is -0.437 e.